The van der Waals surface area contributed by atoms with Gasteiger partial charge in [0.05, 0.1) is 6.34 Å². The van der Waals surface area contributed by atoms with Crippen molar-refractivity contribution in [2.75, 3.05) is 7.05 Å². The second-order valence-electron chi connectivity index (χ2n) is 1.70. The van der Waals surface area contributed by atoms with Crippen LogP contribution in [0.1, 0.15) is 0 Å². The number of hydrogen-bond acceptors (Lipinski definition) is 4. The Hall–Kier alpha value is -1.13. The highest BCUT2D eigenvalue weighted by atomic mass is 16.6. The summed E-state index contributed by atoms with van der Waals surface area (Å²) >= 11 is 0. The molecule has 5 nitrogen and oxygen atoms in total. The molecule has 1 unspecified atom stereocenters. The summed E-state index contributed by atoms with van der Waals surface area (Å²) in [6.45, 7) is 2.30. The van der Waals surface area contributed by atoms with Gasteiger partial charge in [0.1, 0.15) is 0 Å². The maximum Gasteiger partial charge on any atom is 0.318 e. The van der Waals surface area contributed by atoms with E-state index in [1.807, 2.05) is 0 Å². The van der Waals surface area contributed by atoms with E-state index in [4.69, 9.17) is 0 Å². The lowest BCUT2D eigenvalue weighted by molar-refractivity contribution is -0.531. The first-order valence-corrected chi connectivity index (χ1v) is 2.36. The molecular formula is C4H5N3O2. The van der Waals surface area contributed by atoms with Gasteiger partial charge in [0.15, 0.2) is 0 Å². The summed E-state index contributed by atoms with van der Waals surface area (Å²) in [7, 11) is 1.58. The molecule has 0 aliphatic carbocycles. The molecule has 1 aliphatic heterocycles. The van der Waals surface area contributed by atoms with Crippen LogP contribution in [0.25, 0.3) is 0 Å². The summed E-state index contributed by atoms with van der Waals surface area (Å²) in [5.41, 5.74) is 0. The van der Waals surface area contributed by atoms with Crippen LogP contribution in [0.4, 0.5) is 0 Å². The molecular weight excluding hydrogens is 122 g/mol. The first-order chi connectivity index (χ1) is 4.22. The molecule has 1 aliphatic rings. The van der Waals surface area contributed by atoms with Crippen molar-refractivity contribution in [3.63, 3.8) is 0 Å². The predicted octanol–water partition coefficient (Wildman–Crippen LogP) is -0.398. The second kappa shape index (κ2) is 2.00. The van der Waals surface area contributed by atoms with E-state index in [0.29, 0.717) is 0 Å². The minimum absolute atomic E-state index is 0.451. The molecule has 0 saturated carbocycles. The van der Waals surface area contributed by atoms with Gasteiger partial charge in [-0.1, -0.05) is 0 Å². The van der Waals surface area contributed by atoms with Crippen molar-refractivity contribution in [2.24, 2.45) is 4.99 Å². The SMILES string of the molecule is CN1C=N[C]C1[N+](=O)[O-]. The summed E-state index contributed by atoms with van der Waals surface area (Å²) < 4.78 is 0. The third kappa shape index (κ3) is 0.984. The third-order valence-electron chi connectivity index (χ3n) is 1.02. The van der Waals surface area contributed by atoms with Crippen LogP contribution in [0.15, 0.2) is 4.99 Å². The van der Waals surface area contributed by atoms with Crippen molar-refractivity contribution in [3.8, 4) is 0 Å². The van der Waals surface area contributed by atoms with E-state index in [0.717, 1.165) is 0 Å². The van der Waals surface area contributed by atoms with Gasteiger partial charge in [-0.3, -0.25) is 15.1 Å². The van der Waals surface area contributed by atoms with Gasteiger partial charge in [-0.2, -0.15) is 0 Å². The van der Waals surface area contributed by atoms with Crippen molar-refractivity contribution in [3.05, 3.63) is 16.7 Å². The van der Waals surface area contributed by atoms with Crippen LogP contribution in [0.2, 0.25) is 0 Å². The lowest BCUT2D eigenvalue weighted by Gasteiger charge is -2.08. The van der Waals surface area contributed by atoms with E-state index < -0.39 is 11.1 Å². The number of nitro groups is 1. The lowest BCUT2D eigenvalue weighted by Crippen LogP contribution is -2.32. The number of aliphatic imine (C=N–C) groups is 1. The maximum absolute atomic E-state index is 10.0. The molecule has 48 valence electrons. The van der Waals surface area contributed by atoms with Crippen LogP contribution in [0.5, 0.6) is 0 Å². The zero-order valence-electron chi connectivity index (χ0n) is 4.81. The van der Waals surface area contributed by atoms with E-state index in [9.17, 15) is 10.1 Å². The maximum atomic E-state index is 10.0. The van der Waals surface area contributed by atoms with Gasteiger partial charge in [0.25, 0.3) is 0 Å². The van der Waals surface area contributed by atoms with Gasteiger partial charge in [0.2, 0.25) is 6.54 Å². The largest absolute Gasteiger partial charge is 0.318 e. The Morgan fingerprint density at radius 1 is 2.00 bits per heavy atom. The fraction of sp³-hybridized carbons (Fsp3) is 0.500. The molecule has 9 heavy (non-hydrogen) atoms. The topological polar surface area (TPSA) is 58.7 Å². The standard InChI is InChI=1S/C4H5N3O2/c1-6-3-5-2-4(6)7(8)9/h3-4H,1H3. The molecule has 2 radical (unpaired) electrons. The molecule has 0 aromatic rings. The van der Waals surface area contributed by atoms with E-state index in [-0.39, 0.29) is 0 Å². The number of likely N-dealkylation sites (N-methyl/N-ethyl adjacent to an activating group) is 1. The van der Waals surface area contributed by atoms with Gasteiger partial charge in [0, 0.05) is 12.0 Å². The molecule has 1 heterocycles. The smallest absolute Gasteiger partial charge is 0.302 e. The minimum atomic E-state index is -0.884. The quantitative estimate of drug-likeness (QED) is 0.355. The third-order valence-corrected chi connectivity index (χ3v) is 1.02. The fourth-order valence-electron chi connectivity index (χ4n) is 0.541. The summed E-state index contributed by atoms with van der Waals surface area (Å²) in [5, 5.41) is 10.0. The highest BCUT2D eigenvalue weighted by Crippen LogP contribution is 2.05. The highest BCUT2D eigenvalue weighted by Gasteiger charge is 2.28. The Morgan fingerprint density at radius 3 is 2.89 bits per heavy atom. The molecule has 0 aromatic heterocycles. The lowest BCUT2D eigenvalue weighted by atomic mass is 10.5. The van der Waals surface area contributed by atoms with E-state index in [2.05, 4.69) is 11.5 Å². The van der Waals surface area contributed by atoms with E-state index >= 15 is 0 Å². The van der Waals surface area contributed by atoms with E-state index in [1.165, 1.54) is 11.2 Å². The molecule has 0 spiro atoms. The van der Waals surface area contributed by atoms with Crippen LogP contribution in [-0.4, -0.2) is 29.4 Å². The molecule has 1 rings (SSSR count). The van der Waals surface area contributed by atoms with Crippen LogP contribution < -0.4 is 0 Å². The Bertz CT molecular complexity index is 156. The second-order valence-corrected chi connectivity index (χ2v) is 1.70. The number of nitrogens with zero attached hydrogens (tertiary/aromatic N) is 3. The minimum Gasteiger partial charge on any atom is -0.302 e. The Labute approximate surface area is 52.1 Å². The predicted molar refractivity (Wildman–Crippen MR) is 30.3 cm³/mol. The molecule has 1 atom stereocenters. The van der Waals surface area contributed by atoms with Crippen molar-refractivity contribution < 1.29 is 4.92 Å². The van der Waals surface area contributed by atoms with Crippen LogP contribution in [0, 0.1) is 16.7 Å². The van der Waals surface area contributed by atoms with Gasteiger partial charge in [-0.15, -0.1) is 0 Å². The van der Waals surface area contributed by atoms with Crippen molar-refractivity contribution in [1.29, 1.82) is 0 Å². The molecule has 0 amide bonds. The zero-order chi connectivity index (χ0) is 6.85. The molecule has 0 N–H and O–H groups in total. The van der Waals surface area contributed by atoms with E-state index in [1.54, 1.807) is 7.05 Å². The van der Waals surface area contributed by atoms with Crippen molar-refractivity contribution >= 4 is 6.34 Å². The molecule has 5 heteroatoms. The summed E-state index contributed by atoms with van der Waals surface area (Å²) in [6, 6.07) is 0. The Morgan fingerprint density at radius 2 is 2.67 bits per heavy atom. The average Bonchev–Trinajstić information content (AvgIpc) is 2.13. The Balaban J connectivity index is 2.55. The van der Waals surface area contributed by atoms with Gasteiger partial charge in [-0.05, 0) is 0 Å². The first kappa shape index (κ1) is 6.00. The highest BCUT2D eigenvalue weighted by molar-refractivity contribution is 5.58. The molecule has 0 bridgehead atoms. The van der Waals surface area contributed by atoms with Crippen molar-refractivity contribution in [2.45, 2.75) is 6.17 Å². The monoisotopic (exact) mass is 127 g/mol. The van der Waals surface area contributed by atoms with Gasteiger partial charge < -0.3 is 4.90 Å². The molecule has 0 saturated heterocycles. The van der Waals surface area contributed by atoms with Crippen molar-refractivity contribution in [1.82, 2.24) is 4.90 Å². The summed E-state index contributed by atoms with van der Waals surface area (Å²) in [5.74, 6) is 0. The Kier molecular flexibility index (Phi) is 1.33. The molecule has 0 fully saturated rings. The van der Waals surface area contributed by atoms with Crippen LogP contribution in [-0.2, 0) is 0 Å². The molecule has 0 aromatic carbocycles. The average molecular weight is 127 g/mol. The number of hydrogen-bond donors (Lipinski definition) is 0. The summed E-state index contributed by atoms with van der Waals surface area (Å²) in [6.07, 6.45) is 0.484. The van der Waals surface area contributed by atoms with Gasteiger partial charge in [-0.25, -0.2) is 0 Å². The number of rotatable bonds is 1. The normalized spacial score (nSPS) is 25.0. The van der Waals surface area contributed by atoms with Gasteiger partial charge >= 0.3 is 6.17 Å². The van der Waals surface area contributed by atoms with Crippen LogP contribution >= 0.6 is 0 Å². The first-order valence-electron chi connectivity index (χ1n) is 2.36. The fourth-order valence-corrected chi connectivity index (χ4v) is 0.541. The zero-order valence-corrected chi connectivity index (χ0v) is 4.81. The van der Waals surface area contributed by atoms with Crippen LogP contribution in [0.3, 0.4) is 0 Å². The summed E-state index contributed by atoms with van der Waals surface area (Å²) in [4.78, 5) is 14.4.